The summed E-state index contributed by atoms with van der Waals surface area (Å²) in [5.74, 6) is 0.887. The molecule has 0 fully saturated rings. The molecular weight excluding hydrogens is 426 g/mol. The molecule has 0 spiro atoms. The van der Waals surface area contributed by atoms with Crippen molar-refractivity contribution in [1.29, 1.82) is 0 Å². The third-order valence-corrected chi connectivity index (χ3v) is 5.71. The standard InChI is InChI=1S/C20H18ClN5O3S/c1-12(18-24-17(25-29-18)13-4-3-7-22-11-13)30-20-23-16-10-14(21)5-6-15(16)19(27)26(20)8-9-28-2/h3-7,10-12H,8-9H2,1-2H3/t12-/m0/s1. The van der Waals surface area contributed by atoms with Gasteiger partial charge in [0.25, 0.3) is 5.56 Å². The van der Waals surface area contributed by atoms with Crippen molar-refractivity contribution in [1.82, 2.24) is 24.7 Å². The molecular formula is C20H18ClN5O3S. The maximum absolute atomic E-state index is 13.0. The van der Waals surface area contributed by atoms with Crippen LogP contribution in [0.3, 0.4) is 0 Å². The van der Waals surface area contributed by atoms with Gasteiger partial charge in [0.2, 0.25) is 11.7 Å². The maximum atomic E-state index is 13.0. The molecule has 0 aliphatic rings. The minimum Gasteiger partial charge on any atom is -0.383 e. The third-order valence-electron chi connectivity index (χ3n) is 4.39. The first kappa shape index (κ1) is 20.5. The van der Waals surface area contributed by atoms with Gasteiger partial charge in [0.15, 0.2) is 5.16 Å². The molecule has 4 aromatic rings. The highest BCUT2D eigenvalue weighted by atomic mass is 35.5. The van der Waals surface area contributed by atoms with Gasteiger partial charge in [0, 0.05) is 30.1 Å². The average Bonchev–Trinajstić information content (AvgIpc) is 3.24. The summed E-state index contributed by atoms with van der Waals surface area (Å²) in [6.07, 6.45) is 3.35. The zero-order chi connectivity index (χ0) is 21.1. The molecule has 8 nitrogen and oxygen atoms in total. The van der Waals surface area contributed by atoms with E-state index in [1.54, 1.807) is 42.3 Å². The van der Waals surface area contributed by atoms with E-state index in [9.17, 15) is 4.79 Å². The monoisotopic (exact) mass is 443 g/mol. The number of methoxy groups -OCH3 is 1. The van der Waals surface area contributed by atoms with Crippen LogP contribution in [0, 0.1) is 0 Å². The van der Waals surface area contributed by atoms with Crippen LogP contribution in [0.4, 0.5) is 0 Å². The maximum Gasteiger partial charge on any atom is 0.262 e. The van der Waals surface area contributed by atoms with Crippen LogP contribution in [-0.4, -0.2) is 38.4 Å². The number of aromatic nitrogens is 5. The minimum absolute atomic E-state index is 0.148. The molecule has 0 radical (unpaired) electrons. The van der Waals surface area contributed by atoms with E-state index in [0.29, 0.717) is 45.9 Å². The van der Waals surface area contributed by atoms with Crippen molar-refractivity contribution >= 4 is 34.3 Å². The summed E-state index contributed by atoms with van der Waals surface area (Å²) in [5, 5.41) is 5.35. The number of ether oxygens (including phenoxy) is 1. The molecule has 0 saturated carbocycles. The Hall–Kier alpha value is -2.75. The van der Waals surface area contributed by atoms with E-state index in [1.165, 1.54) is 11.8 Å². The Morgan fingerprint density at radius 1 is 1.30 bits per heavy atom. The van der Waals surface area contributed by atoms with Crippen molar-refractivity contribution in [3.63, 3.8) is 0 Å². The first-order chi connectivity index (χ1) is 14.6. The van der Waals surface area contributed by atoms with Crippen LogP contribution < -0.4 is 5.56 Å². The van der Waals surface area contributed by atoms with Crippen molar-refractivity contribution in [3.8, 4) is 11.4 Å². The Bertz CT molecular complexity index is 1230. The van der Waals surface area contributed by atoms with Gasteiger partial charge in [-0.1, -0.05) is 28.5 Å². The van der Waals surface area contributed by atoms with Gasteiger partial charge in [0.1, 0.15) is 0 Å². The normalized spacial score (nSPS) is 12.4. The molecule has 4 rings (SSSR count). The number of hydrogen-bond donors (Lipinski definition) is 0. The molecule has 30 heavy (non-hydrogen) atoms. The van der Waals surface area contributed by atoms with Gasteiger partial charge in [0.05, 0.1) is 29.3 Å². The highest BCUT2D eigenvalue weighted by molar-refractivity contribution is 7.99. The van der Waals surface area contributed by atoms with E-state index in [2.05, 4.69) is 20.1 Å². The molecule has 0 aliphatic carbocycles. The molecule has 0 unspecified atom stereocenters. The van der Waals surface area contributed by atoms with Crippen molar-refractivity contribution in [3.05, 3.63) is 64.0 Å². The summed E-state index contributed by atoms with van der Waals surface area (Å²) in [6.45, 7) is 2.68. The number of fused-ring (bicyclic) bond motifs is 1. The van der Waals surface area contributed by atoms with Gasteiger partial charge < -0.3 is 9.26 Å². The summed E-state index contributed by atoms with van der Waals surface area (Å²) in [5.41, 5.74) is 1.16. The summed E-state index contributed by atoms with van der Waals surface area (Å²) in [7, 11) is 1.59. The summed E-state index contributed by atoms with van der Waals surface area (Å²) in [6, 6.07) is 8.72. The van der Waals surface area contributed by atoms with Gasteiger partial charge in [-0.2, -0.15) is 4.98 Å². The van der Waals surface area contributed by atoms with E-state index < -0.39 is 0 Å². The molecule has 0 aliphatic heterocycles. The van der Waals surface area contributed by atoms with Gasteiger partial charge in [-0.05, 0) is 37.3 Å². The molecule has 0 amide bonds. The molecule has 0 N–H and O–H groups in total. The van der Waals surface area contributed by atoms with E-state index >= 15 is 0 Å². The van der Waals surface area contributed by atoms with Crippen LogP contribution in [0.1, 0.15) is 18.1 Å². The van der Waals surface area contributed by atoms with Gasteiger partial charge in [-0.3, -0.25) is 14.3 Å². The fraction of sp³-hybridized carbons (Fsp3) is 0.250. The quantitative estimate of drug-likeness (QED) is 0.312. The average molecular weight is 444 g/mol. The Kier molecular flexibility index (Phi) is 6.12. The molecule has 10 heteroatoms. The lowest BCUT2D eigenvalue weighted by Crippen LogP contribution is -2.25. The first-order valence-corrected chi connectivity index (χ1v) is 10.4. The fourth-order valence-electron chi connectivity index (χ4n) is 2.86. The van der Waals surface area contributed by atoms with Crippen molar-refractivity contribution in [2.75, 3.05) is 13.7 Å². The highest BCUT2D eigenvalue weighted by Crippen LogP contribution is 2.34. The minimum atomic E-state index is -0.236. The lowest BCUT2D eigenvalue weighted by atomic mass is 10.2. The Labute approximate surface area is 181 Å². The zero-order valence-corrected chi connectivity index (χ0v) is 17.9. The van der Waals surface area contributed by atoms with Crippen LogP contribution in [0.2, 0.25) is 5.02 Å². The second-order valence-corrected chi connectivity index (χ2v) is 8.21. The Morgan fingerprint density at radius 3 is 2.93 bits per heavy atom. The first-order valence-electron chi connectivity index (χ1n) is 9.16. The Morgan fingerprint density at radius 2 is 2.17 bits per heavy atom. The predicted molar refractivity (Wildman–Crippen MR) is 115 cm³/mol. The topological polar surface area (TPSA) is 95.9 Å². The molecule has 1 atom stereocenters. The van der Waals surface area contributed by atoms with E-state index in [4.69, 9.17) is 20.9 Å². The number of halogens is 1. The number of pyridine rings is 1. The van der Waals surface area contributed by atoms with E-state index in [-0.39, 0.29) is 10.8 Å². The molecule has 3 heterocycles. The van der Waals surface area contributed by atoms with E-state index in [0.717, 1.165) is 5.56 Å². The second-order valence-electron chi connectivity index (χ2n) is 6.46. The SMILES string of the molecule is COCCn1c(S[C@@H](C)c2nc(-c3cccnc3)no2)nc2cc(Cl)ccc2c1=O. The number of rotatable bonds is 7. The Balaban J connectivity index is 1.68. The molecule has 154 valence electrons. The van der Waals surface area contributed by atoms with Crippen LogP contribution in [0.5, 0.6) is 0 Å². The number of hydrogen-bond acceptors (Lipinski definition) is 8. The lowest BCUT2D eigenvalue weighted by Gasteiger charge is -2.14. The summed E-state index contributed by atoms with van der Waals surface area (Å²) >= 11 is 7.45. The van der Waals surface area contributed by atoms with Crippen LogP contribution in [-0.2, 0) is 11.3 Å². The fourth-order valence-corrected chi connectivity index (χ4v) is 4.00. The van der Waals surface area contributed by atoms with Crippen molar-refractivity contribution in [2.24, 2.45) is 0 Å². The van der Waals surface area contributed by atoms with Crippen LogP contribution >= 0.6 is 23.4 Å². The predicted octanol–water partition coefficient (Wildman–Crippen LogP) is 3.99. The third kappa shape index (κ3) is 4.23. The smallest absolute Gasteiger partial charge is 0.262 e. The summed E-state index contributed by atoms with van der Waals surface area (Å²) < 4.78 is 12.2. The van der Waals surface area contributed by atoms with Crippen LogP contribution in [0.15, 0.2) is 57.2 Å². The van der Waals surface area contributed by atoms with E-state index in [1.807, 2.05) is 19.1 Å². The van der Waals surface area contributed by atoms with Crippen LogP contribution in [0.25, 0.3) is 22.3 Å². The molecule has 1 aromatic carbocycles. The molecule has 0 bridgehead atoms. The molecule has 3 aromatic heterocycles. The van der Waals surface area contributed by atoms with Gasteiger partial charge in [-0.15, -0.1) is 0 Å². The summed E-state index contributed by atoms with van der Waals surface area (Å²) in [4.78, 5) is 26.2. The second kappa shape index (κ2) is 8.95. The molecule has 0 saturated heterocycles. The van der Waals surface area contributed by atoms with Gasteiger partial charge in [-0.25, -0.2) is 4.98 Å². The lowest BCUT2D eigenvalue weighted by molar-refractivity contribution is 0.183. The number of nitrogens with zero attached hydrogens (tertiary/aromatic N) is 5. The largest absolute Gasteiger partial charge is 0.383 e. The highest BCUT2D eigenvalue weighted by Gasteiger charge is 2.20. The van der Waals surface area contributed by atoms with Crippen molar-refractivity contribution < 1.29 is 9.26 Å². The zero-order valence-electron chi connectivity index (χ0n) is 16.3. The number of thioether (sulfide) groups is 1. The number of benzene rings is 1. The van der Waals surface area contributed by atoms with Crippen molar-refractivity contribution in [2.45, 2.75) is 23.9 Å². The van der Waals surface area contributed by atoms with Gasteiger partial charge >= 0.3 is 0 Å².